The van der Waals surface area contributed by atoms with Gasteiger partial charge in [-0.2, -0.15) is 0 Å². The second kappa shape index (κ2) is 4.97. The van der Waals surface area contributed by atoms with E-state index in [2.05, 4.69) is 6.92 Å². The van der Waals surface area contributed by atoms with E-state index in [0.29, 0.717) is 5.92 Å². The van der Waals surface area contributed by atoms with Gasteiger partial charge in [0.05, 0.1) is 11.8 Å². The van der Waals surface area contributed by atoms with Gasteiger partial charge >= 0.3 is 15.9 Å². The zero-order chi connectivity index (χ0) is 10.1. The van der Waals surface area contributed by atoms with Gasteiger partial charge in [-0.3, -0.25) is 9.59 Å². The lowest BCUT2D eigenvalue weighted by atomic mass is 9.75. The fraction of sp³-hybridized carbons (Fsp3) is 0.778. The molecule has 5 nitrogen and oxygen atoms in total. The number of hydrogen-bond acceptors (Lipinski definition) is 4. The van der Waals surface area contributed by atoms with Crippen LogP contribution in [0.4, 0.5) is 0 Å². The van der Waals surface area contributed by atoms with Crippen LogP contribution < -0.4 is 0 Å². The summed E-state index contributed by atoms with van der Waals surface area (Å²) in [5, 5.41) is 0. The smallest absolute Gasteiger partial charge is 0.589 e. The first-order valence-corrected chi connectivity index (χ1v) is 5.85. The topological polar surface area (TPSA) is 84.1 Å². The molecule has 1 aliphatic carbocycles. The Balaban J connectivity index is 0.00000112. The molecule has 2 aliphatic rings. The highest BCUT2D eigenvalue weighted by atomic mass is 27.2. The normalized spacial score (nSPS) is 34.9. The molecule has 1 saturated heterocycles. The van der Waals surface area contributed by atoms with Crippen molar-refractivity contribution in [3.63, 3.8) is 0 Å². The molecule has 2 rings (SSSR count). The van der Waals surface area contributed by atoms with Gasteiger partial charge in [0.15, 0.2) is 0 Å². The van der Waals surface area contributed by atoms with E-state index in [1.165, 1.54) is 0 Å². The van der Waals surface area contributed by atoms with Crippen molar-refractivity contribution in [2.24, 2.45) is 17.8 Å². The molecule has 3 atom stereocenters. The van der Waals surface area contributed by atoms with Gasteiger partial charge in [-0.25, -0.2) is 0 Å². The molecule has 0 aromatic heterocycles. The van der Waals surface area contributed by atoms with E-state index in [4.69, 9.17) is 7.58 Å². The summed E-state index contributed by atoms with van der Waals surface area (Å²) in [5.74, 6) is -0.454. The van der Waals surface area contributed by atoms with Crippen LogP contribution in [0.15, 0.2) is 0 Å². The second-order valence-electron chi connectivity index (χ2n) is 4.10. The summed E-state index contributed by atoms with van der Waals surface area (Å²) in [6, 6.07) is 0. The van der Waals surface area contributed by atoms with Crippen molar-refractivity contribution in [2.45, 2.75) is 26.2 Å². The van der Waals surface area contributed by atoms with Crippen LogP contribution in [-0.4, -0.2) is 33.3 Å². The standard InChI is InChI=1S/C9H14O4.Al.H2O/c1-5-2-3-6(8(10)11)7(4-5)9(12)13;;/h5-7H,2-4H2,1H3,(H,10,11)(H,12,13);;1H2/q;+2;/p-2. The van der Waals surface area contributed by atoms with Crippen molar-refractivity contribution in [2.75, 3.05) is 0 Å². The van der Waals surface area contributed by atoms with E-state index < -0.39 is 15.9 Å². The maximum absolute atomic E-state index is 11.5. The predicted octanol–water partition coefficient (Wildman–Crippen LogP) is -0.152. The van der Waals surface area contributed by atoms with E-state index in [1.54, 1.807) is 0 Å². The van der Waals surface area contributed by atoms with E-state index in [1.807, 2.05) is 0 Å². The molecule has 0 aromatic rings. The molecule has 2 fully saturated rings. The average molecular weight is 229 g/mol. The third-order valence-electron chi connectivity index (χ3n) is 3.05. The summed E-state index contributed by atoms with van der Waals surface area (Å²) < 4.78 is 9.77. The van der Waals surface area contributed by atoms with Crippen molar-refractivity contribution in [3.05, 3.63) is 0 Å². The molecule has 1 radical (unpaired) electrons. The van der Waals surface area contributed by atoms with Crippen LogP contribution in [0.3, 0.4) is 0 Å². The zero-order valence-corrected chi connectivity index (χ0v) is 9.72. The Kier molecular flexibility index (Phi) is 4.14. The summed E-state index contributed by atoms with van der Waals surface area (Å²) >= 11 is -0.919. The van der Waals surface area contributed by atoms with Gasteiger partial charge in [0.25, 0.3) is 11.9 Å². The Morgan fingerprint density at radius 1 is 1.13 bits per heavy atom. The first kappa shape index (κ1) is 12.5. The van der Waals surface area contributed by atoms with Gasteiger partial charge in [-0.15, -0.1) is 0 Å². The van der Waals surface area contributed by atoms with E-state index in [-0.39, 0.29) is 29.3 Å². The number of carbonyl (C=O) groups excluding carboxylic acids is 2. The molecule has 83 valence electrons. The second-order valence-corrected chi connectivity index (χ2v) is 4.77. The molecule has 3 unspecified atom stereocenters. The molecule has 6 heteroatoms. The molecule has 1 saturated carbocycles. The molecule has 1 aliphatic heterocycles. The fourth-order valence-electron chi connectivity index (χ4n) is 2.22. The first-order valence-electron chi connectivity index (χ1n) is 4.91. The molecule has 0 spiro atoms. The van der Waals surface area contributed by atoms with Gasteiger partial charge in [-0.05, 0) is 25.2 Å². The minimum atomic E-state index is -0.919. The fourth-order valence-corrected chi connectivity index (χ4v) is 2.80. The van der Waals surface area contributed by atoms with Crippen molar-refractivity contribution in [3.8, 4) is 0 Å². The molecular weight excluding hydrogens is 215 g/mol. The van der Waals surface area contributed by atoms with E-state index in [9.17, 15) is 9.59 Å². The van der Waals surface area contributed by atoms with Crippen LogP contribution >= 0.6 is 0 Å². The Morgan fingerprint density at radius 3 is 2.40 bits per heavy atom. The van der Waals surface area contributed by atoms with Gasteiger partial charge in [0.2, 0.25) is 0 Å². The minimum absolute atomic E-state index is 0. The van der Waals surface area contributed by atoms with Gasteiger partial charge < -0.3 is 13.1 Å². The van der Waals surface area contributed by atoms with Gasteiger partial charge in [0.1, 0.15) is 0 Å². The van der Waals surface area contributed by atoms with Crippen LogP contribution in [0.25, 0.3) is 0 Å². The maximum atomic E-state index is 11.5. The highest BCUT2D eigenvalue weighted by Gasteiger charge is 2.42. The van der Waals surface area contributed by atoms with E-state index in [0.717, 1.165) is 19.3 Å². The molecule has 0 amide bonds. The summed E-state index contributed by atoms with van der Waals surface area (Å²) in [7, 11) is 0. The molecule has 15 heavy (non-hydrogen) atoms. The van der Waals surface area contributed by atoms with Crippen molar-refractivity contribution < 1.29 is 22.6 Å². The van der Waals surface area contributed by atoms with Crippen molar-refractivity contribution >= 4 is 27.8 Å². The van der Waals surface area contributed by atoms with Crippen LogP contribution in [0, 0.1) is 17.8 Å². The largest absolute Gasteiger partial charge is 0.885 e. The summed E-state index contributed by atoms with van der Waals surface area (Å²) in [5.41, 5.74) is 0. The van der Waals surface area contributed by atoms with Crippen molar-refractivity contribution in [1.29, 1.82) is 0 Å². The Hall–Kier alpha value is -0.568. The third-order valence-corrected chi connectivity index (χ3v) is 3.70. The number of hydrogen-bond donors (Lipinski definition) is 0. The van der Waals surface area contributed by atoms with Crippen LogP contribution in [0.2, 0.25) is 0 Å². The predicted molar refractivity (Wildman–Crippen MR) is 51.5 cm³/mol. The summed E-state index contributed by atoms with van der Waals surface area (Å²) in [4.78, 5) is 23.0. The Morgan fingerprint density at radius 2 is 1.73 bits per heavy atom. The summed E-state index contributed by atoms with van der Waals surface area (Å²) in [6.45, 7) is 2.10. The Bertz CT molecular complexity index is 267. The lowest BCUT2D eigenvalue weighted by Gasteiger charge is -2.30. The third kappa shape index (κ3) is 2.51. The van der Waals surface area contributed by atoms with Crippen LogP contribution in [-0.2, 0) is 17.2 Å². The maximum Gasteiger partial charge on any atom is 0.885 e. The first-order chi connectivity index (χ1) is 6.68. The molecule has 0 bridgehead atoms. The van der Waals surface area contributed by atoms with Gasteiger partial charge in [-0.1, -0.05) is 6.92 Å². The number of carbonyl (C=O) groups is 2. The SMILES string of the molecule is CC1CCC2C(=O)[O][Al][O]C(=O)C2C1.O. The zero-order valence-electron chi connectivity index (χ0n) is 8.56. The Labute approximate surface area is 94.8 Å². The van der Waals surface area contributed by atoms with Crippen LogP contribution in [0.1, 0.15) is 26.2 Å². The number of fused-ring (bicyclic) bond motifs is 1. The average Bonchev–Trinajstić information content (AvgIpc) is 2.28. The minimum Gasteiger partial charge on any atom is -0.589 e. The van der Waals surface area contributed by atoms with Gasteiger partial charge in [0, 0.05) is 0 Å². The molecule has 0 aromatic carbocycles. The molecular formula is C9H14AlO5. The monoisotopic (exact) mass is 229 g/mol. The highest BCUT2D eigenvalue weighted by Crippen LogP contribution is 2.36. The lowest BCUT2D eigenvalue weighted by molar-refractivity contribution is -0.147. The quantitative estimate of drug-likeness (QED) is 0.540. The highest BCUT2D eigenvalue weighted by molar-refractivity contribution is 6.27. The lowest BCUT2D eigenvalue weighted by Crippen LogP contribution is -2.33. The van der Waals surface area contributed by atoms with Crippen LogP contribution in [0.5, 0.6) is 0 Å². The summed E-state index contributed by atoms with van der Waals surface area (Å²) in [6.07, 6.45) is 2.52. The van der Waals surface area contributed by atoms with Crippen molar-refractivity contribution in [1.82, 2.24) is 0 Å². The number of rotatable bonds is 0. The molecule has 2 N–H and O–H groups in total. The van der Waals surface area contributed by atoms with E-state index >= 15 is 0 Å². The molecule has 1 heterocycles.